The van der Waals surface area contributed by atoms with Crippen LogP contribution in [0.1, 0.15) is 26.1 Å². The van der Waals surface area contributed by atoms with Crippen molar-refractivity contribution in [2.24, 2.45) is 5.14 Å². The molecule has 0 bridgehead atoms. The fourth-order valence-electron chi connectivity index (χ4n) is 2.22. The van der Waals surface area contributed by atoms with Crippen molar-refractivity contribution < 1.29 is 8.42 Å². The van der Waals surface area contributed by atoms with Crippen LogP contribution in [0, 0.1) is 0 Å². The Morgan fingerprint density at radius 1 is 1.32 bits per heavy atom. The number of nitrogens with zero attached hydrogens (tertiary/aromatic N) is 2. The van der Waals surface area contributed by atoms with Gasteiger partial charge < -0.3 is 10.3 Å². The van der Waals surface area contributed by atoms with Gasteiger partial charge in [-0.15, -0.1) is 0 Å². The molecule has 0 saturated heterocycles. The van der Waals surface area contributed by atoms with Gasteiger partial charge in [-0.2, -0.15) is 0 Å². The maximum atomic E-state index is 11.4. The average Bonchev–Trinajstić information content (AvgIpc) is 2.67. The lowest BCUT2D eigenvalue weighted by Gasteiger charge is -2.08. The second-order valence-electron chi connectivity index (χ2n) is 4.46. The van der Waals surface area contributed by atoms with Crippen molar-refractivity contribution in [1.82, 2.24) is 9.55 Å². The molecule has 2 aromatic rings. The van der Waals surface area contributed by atoms with E-state index >= 15 is 0 Å². The number of hydrogen-bond donors (Lipinski definition) is 2. The Hall–Kier alpha value is -1.60. The number of imidazole rings is 1. The van der Waals surface area contributed by atoms with Crippen LogP contribution in [0.15, 0.2) is 17.0 Å². The molecule has 0 fully saturated rings. The minimum atomic E-state index is -3.77. The van der Waals surface area contributed by atoms with E-state index in [4.69, 9.17) is 10.9 Å². The molecule has 4 N–H and O–H groups in total. The maximum Gasteiger partial charge on any atom is 0.238 e. The van der Waals surface area contributed by atoms with Gasteiger partial charge in [0.05, 0.1) is 21.6 Å². The van der Waals surface area contributed by atoms with Crippen LogP contribution >= 0.6 is 0 Å². The normalized spacial score (nSPS) is 12.2. The molecular weight excluding hydrogens is 264 g/mol. The zero-order chi connectivity index (χ0) is 14.2. The van der Waals surface area contributed by atoms with Crippen molar-refractivity contribution >= 4 is 26.7 Å². The molecule has 0 aliphatic rings. The van der Waals surface area contributed by atoms with Crippen molar-refractivity contribution in [2.75, 3.05) is 5.73 Å². The molecule has 0 saturated carbocycles. The Kier molecular flexibility index (Phi) is 3.51. The molecule has 0 amide bonds. The van der Waals surface area contributed by atoms with Crippen LogP contribution in [0.2, 0.25) is 0 Å². The summed E-state index contributed by atoms with van der Waals surface area (Å²) in [6, 6.07) is 2.87. The lowest BCUT2D eigenvalue weighted by molar-refractivity contribution is 0.598. The van der Waals surface area contributed by atoms with Gasteiger partial charge in [-0.3, -0.25) is 0 Å². The molecule has 0 atom stereocenters. The molecule has 2 rings (SSSR count). The molecular formula is C12H18N4O2S. The first-order valence-corrected chi connectivity index (χ1v) is 7.74. The number of nitrogens with two attached hydrogens (primary N) is 2. The Morgan fingerprint density at radius 3 is 2.53 bits per heavy atom. The van der Waals surface area contributed by atoms with Gasteiger partial charge in [0, 0.05) is 13.0 Å². The summed E-state index contributed by atoms with van der Waals surface area (Å²) in [5.41, 5.74) is 7.72. The first-order valence-electron chi connectivity index (χ1n) is 6.19. The highest BCUT2D eigenvalue weighted by molar-refractivity contribution is 7.89. The monoisotopic (exact) mass is 282 g/mol. The van der Waals surface area contributed by atoms with Crippen LogP contribution < -0.4 is 10.9 Å². The van der Waals surface area contributed by atoms with Gasteiger partial charge in [-0.1, -0.05) is 13.8 Å². The Morgan fingerprint density at radius 2 is 2.00 bits per heavy atom. The highest BCUT2D eigenvalue weighted by Gasteiger charge is 2.16. The molecule has 1 aromatic carbocycles. The number of anilines is 1. The van der Waals surface area contributed by atoms with Crippen molar-refractivity contribution in [3.05, 3.63) is 18.0 Å². The van der Waals surface area contributed by atoms with Gasteiger partial charge in [0.1, 0.15) is 5.82 Å². The van der Waals surface area contributed by atoms with Crippen molar-refractivity contribution in [1.29, 1.82) is 0 Å². The summed E-state index contributed by atoms with van der Waals surface area (Å²) in [6.45, 7) is 4.88. The third-order valence-corrected chi connectivity index (χ3v) is 3.91. The van der Waals surface area contributed by atoms with Crippen LogP contribution in [-0.4, -0.2) is 18.0 Å². The summed E-state index contributed by atoms with van der Waals surface area (Å²) in [5.74, 6) is 0.898. The number of aromatic nitrogens is 2. The smallest absolute Gasteiger partial charge is 0.238 e. The predicted molar refractivity (Wildman–Crippen MR) is 75.2 cm³/mol. The topological polar surface area (TPSA) is 104 Å². The van der Waals surface area contributed by atoms with Gasteiger partial charge in [0.25, 0.3) is 0 Å². The average molecular weight is 282 g/mol. The lowest BCUT2D eigenvalue weighted by Crippen LogP contribution is -2.12. The molecule has 1 aromatic heterocycles. The van der Waals surface area contributed by atoms with Gasteiger partial charge in [0.15, 0.2) is 0 Å². The highest BCUT2D eigenvalue weighted by Crippen LogP contribution is 2.26. The van der Waals surface area contributed by atoms with E-state index in [0.29, 0.717) is 11.2 Å². The number of rotatable bonds is 4. The maximum absolute atomic E-state index is 11.4. The van der Waals surface area contributed by atoms with E-state index in [2.05, 4.69) is 11.9 Å². The van der Waals surface area contributed by atoms with Crippen LogP contribution in [0.3, 0.4) is 0 Å². The van der Waals surface area contributed by atoms with Crippen molar-refractivity contribution in [3.63, 3.8) is 0 Å². The fraction of sp³-hybridized carbons (Fsp3) is 0.417. The molecule has 104 valence electrons. The zero-order valence-corrected chi connectivity index (χ0v) is 11.9. The number of benzene rings is 1. The quantitative estimate of drug-likeness (QED) is 0.823. The molecule has 1 heterocycles. The molecule has 6 nitrogen and oxygen atoms in total. The Bertz CT molecular complexity index is 719. The van der Waals surface area contributed by atoms with Crippen LogP contribution in [0.4, 0.5) is 5.69 Å². The number of sulfonamides is 1. The lowest BCUT2D eigenvalue weighted by atomic mass is 10.2. The number of aryl methyl sites for hydroxylation is 2. The third kappa shape index (κ3) is 2.43. The van der Waals surface area contributed by atoms with Gasteiger partial charge in [-0.25, -0.2) is 18.5 Å². The molecule has 0 aliphatic heterocycles. The number of hydrogen-bond acceptors (Lipinski definition) is 4. The molecule has 0 radical (unpaired) electrons. The zero-order valence-electron chi connectivity index (χ0n) is 11.0. The summed E-state index contributed by atoms with van der Waals surface area (Å²) in [4.78, 5) is 4.45. The summed E-state index contributed by atoms with van der Waals surface area (Å²) in [5, 5.41) is 5.13. The molecule has 19 heavy (non-hydrogen) atoms. The van der Waals surface area contributed by atoms with E-state index in [-0.39, 0.29) is 4.90 Å². The van der Waals surface area contributed by atoms with Crippen molar-refractivity contribution in [3.8, 4) is 0 Å². The standard InChI is InChI=1S/C12H18N4O2S/c1-3-5-16-11(4-2)15-10-7-8(19(14,17)18)6-9(13)12(10)16/h6-7H,3-5,13H2,1-2H3,(H2,14,17,18). The summed E-state index contributed by atoms with van der Waals surface area (Å²) in [7, 11) is -3.77. The molecule has 0 aliphatic carbocycles. The second kappa shape index (κ2) is 4.82. The van der Waals surface area contributed by atoms with Gasteiger partial charge in [-0.05, 0) is 18.6 Å². The van der Waals surface area contributed by atoms with Crippen molar-refractivity contribution in [2.45, 2.75) is 38.1 Å². The summed E-state index contributed by atoms with van der Waals surface area (Å²) in [6.07, 6.45) is 1.72. The number of primary sulfonamides is 1. The number of fused-ring (bicyclic) bond motifs is 1. The Labute approximate surface area is 112 Å². The number of nitrogen functional groups attached to an aromatic ring is 1. The minimum Gasteiger partial charge on any atom is -0.397 e. The fourth-order valence-corrected chi connectivity index (χ4v) is 2.79. The second-order valence-corrected chi connectivity index (χ2v) is 6.02. The van der Waals surface area contributed by atoms with Crippen LogP contribution in [-0.2, 0) is 23.0 Å². The summed E-state index contributed by atoms with van der Waals surface area (Å²) >= 11 is 0. The van der Waals surface area contributed by atoms with E-state index in [0.717, 1.165) is 30.7 Å². The first-order chi connectivity index (χ1) is 8.88. The minimum absolute atomic E-state index is 0.00121. The molecule has 0 spiro atoms. The molecule has 0 unspecified atom stereocenters. The van der Waals surface area contributed by atoms with Gasteiger partial charge in [0.2, 0.25) is 10.0 Å². The van der Waals surface area contributed by atoms with E-state index in [1.165, 1.54) is 12.1 Å². The van der Waals surface area contributed by atoms with Crippen LogP contribution in [0.25, 0.3) is 11.0 Å². The van der Waals surface area contributed by atoms with Gasteiger partial charge >= 0.3 is 0 Å². The van der Waals surface area contributed by atoms with E-state index in [1.54, 1.807) is 0 Å². The first kappa shape index (κ1) is 13.8. The predicted octanol–water partition coefficient (Wildman–Crippen LogP) is 1.24. The van der Waals surface area contributed by atoms with E-state index < -0.39 is 10.0 Å². The highest BCUT2D eigenvalue weighted by atomic mass is 32.2. The summed E-state index contributed by atoms with van der Waals surface area (Å²) < 4.78 is 24.8. The van der Waals surface area contributed by atoms with E-state index in [1.807, 2.05) is 11.5 Å². The van der Waals surface area contributed by atoms with Crippen LogP contribution in [0.5, 0.6) is 0 Å². The largest absolute Gasteiger partial charge is 0.397 e. The Balaban J connectivity index is 2.78. The van der Waals surface area contributed by atoms with E-state index in [9.17, 15) is 8.42 Å². The third-order valence-electron chi connectivity index (χ3n) is 3.02. The SMILES string of the molecule is CCCn1c(CC)nc2cc(S(N)(=O)=O)cc(N)c21. The molecule has 7 heteroatoms.